The fourth-order valence-electron chi connectivity index (χ4n) is 0.949. The van der Waals surface area contributed by atoms with Gasteiger partial charge in [-0.25, -0.2) is 0 Å². The average Bonchev–Trinajstić information content (AvgIpc) is 1.99. The van der Waals surface area contributed by atoms with Crippen LogP contribution in [0.4, 0.5) is 0 Å². The number of carbonyl (C=O) groups is 1. The molecule has 0 atom stereocenters. The molecule has 0 saturated heterocycles. The van der Waals surface area contributed by atoms with E-state index in [2.05, 4.69) is 6.07 Å². The lowest BCUT2D eigenvalue weighted by atomic mass is 10.1. The van der Waals surface area contributed by atoms with Crippen molar-refractivity contribution < 1.29 is 9.90 Å². The highest BCUT2D eigenvalue weighted by molar-refractivity contribution is 6.34. The first-order chi connectivity index (χ1) is 6.08. The van der Waals surface area contributed by atoms with Crippen molar-refractivity contribution in [3.63, 3.8) is 0 Å². The van der Waals surface area contributed by atoms with E-state index in [1.54, 1.807) is 12.1 Å². The molecule has 0 saturated carbocycles. The van der Waals surface area contributed by atoms with Crippen LogP contribution in [-0.2, 0) is 11.2 Å². The van der Waals surface area contributed by atoms with Crippen LogP contribution >= 0.6 is 23.2 Å². The molecule has 2 nitrogen and oxygen atoms in total. The van der Waals surface area contributed by atoms with E-state index in [0.717, 1.165) is 5.56 Å². The minimum Gasteiger partial charge on any atom is -0.481 e. The van der Waals surface area contributed by atoms with Crippen molar-refractivity contribution in [2.24, 2.45) is 0 Å². The molecule has 1 radical (unpaired) electrons. The van der Waals surface area contributed by atoms with E-state index >= 15 is 0 Å². The number of aryl methyl sites for hydroxylation is 1. The quantitative estimate of drug-likeness (QED) is 0.846. The maximum atomic E-state index is 10.3. The Hall–Kier alpha value is -0.730. The minimum absolute atomic E-state index is 0.0800. The summed E-state index contributed by atoms with van der Waals surface area (Å²) < 4.78 is 0. The fraction of sp³-hybridized carbons (Fsp3) is 0.222. The number of hydrogen-bond donors (Lipinski definition) is 1. The van der Waals surface area contributed by atoms with E-state index in [1.165, 1.54) is 0 Å². The summed E-state index contributed by atoms with van der Waals surface area (Å²) >= 11 is 11.4. The molecule has 13 heavy (non-hydrogen) atoms. The molecule has 1 aromatic rings. The van der Waals surface area contributed by atoms with Crippen LogP contribution in [0.25, 0.3) is 0 Å². The van der Waals surface area contributed by atoms with E-state index in [0.29, 0.717) is 16.5 Å². The van der Waals surface area contributed by atoms with Gasteiger partial charge in [0.25, 0.3) is 0 Å². The second kappa shape index (κ2) is 4.49. The van der Waals surface area contributed by atoms with Gasteiger partial charge >= 0.3 is 5.97 Å². The van der Waals surface area contributed by atoms with Gasteiger partial charge in [-0.3, -0.25) is 4.79 Å². The van der Waals surface area contributed by atoms with Crippen LogP contribution in [0.2, 0.25) is 10.0 Å². The Morgan fingerprint density at radius 3 is 2.38 bits per heavy atom. The molecular weight excluding hydrogens is 211 g/mol. The third-order valence-corrected chi connectivity index (χ3v) is 1.90. The average molecular weight is 218 g/mol. The molecule has 4 heteroatoms. The molecular formula is C9H7Cl2O2. The minimum atomic E-state index is -0.833. The molecule has 1 rings (SSSR count). The molecule has 69 valence electrons. The van der Waals surface area contributed by atoms with Crippen LogP contribution < -0.4 is 0 Å². The van der Waals surface area contributed by atoms with Gasteiger partial charge in [0.1, 0.15) is 0 Å². The van der Waals surface area contributed by atoms with Crippen LogP contribution in [0.15, 0.2) is 12.1 Å². The Balaban J connectivity index is 2.71. The number of carboxylic acids is 1. The number of aliphatic carboxylic acids is 1. The van der Waals surface area contributed by atoms with Gasteiger partial charge in [-0.15, -0.1) is 0 Å². The van der Waals surface area contributed by atoms with E-state index in [-0.39, 0.29) is 6.42 Å². The van der Waals surface area contributed by atoms with Gasteiger partial charge in [0, 0.05) is 12.5 Å². The lowest BCUT2D eigenvalue weighted by Crippen LogP contribution is -1.97. The molecule has 0 unspecified atom stereocenters. The predicted octanol–water partition coefficient (Wildman–Crippen LogP) is 2.81. The van der Waals surface area contributed by atoms with E-state index in [9.17, 15) is 4.79 Å². The van der Waals surface area contributed by atoms with Crippen molar-refractivity contribution in [3.8, 4) is 0 Å². The van der Waals surface area contributed by atoms with E-state index < -0.39 is 5.97 Å². The highest BCUT2D eigenvalue weighted by atomic mass is 35.5. The van der Waals surface area contributed by atoms with Crippen molar-refractivity contribution in [1.29, 1.82) is 0 Å². The van der Waals surface area contributed by atoms with E-state index in [1.807, 2.05) is 0 Å². The largest absolute Gasteiger partial charge is 0.481 e. The van der Waals surface area contributed by atoms with Gasteiger partial charge in [-0.1, -0.05) is 23.2 Å². The monoisotopic (exact) mass is 217 g/mol. The Morgan fingerprint density at radius 1 is 1.38 bits per heavy atom. The van der Waals surface area contributed by atoms with Gasteiger partial charge in [-0.05, 0) is 24.1 Å². The van der Waals surface area contributed by atoms with Crippen molar-refractivity contribution in [3.05, 3.63) is 33.8 Å². The standard InChI is InChI=1S/C9H7Cl2O2/c10-7-3-6(1-2-9(12)13)4-8(11)5-7/h3-4H,1-2H2,(H,12,13). The lowest BCUT2D eigenvalue weighted by Gasteiger charge is -1.99. The molecule has 1 N–H and O–H groups in total. The Labute approximate surface area is 86.1 Å². The molecule has 0 bridgehead atoms. The van der Waals surface area contributed by atoms with Gasteiger partial charge in [0.2, 0.25) is 0 Å². The summed E-state index contributed by atoms with van der Waals surface area (Å²) in [4.78, 5) is 10.3. The molecule has 0 aliphatic carbocycles. The second-order valence-corrected chi connectivity index (χ2v) is 3.39. The molecule has 1 aromatic carbocycles. The third-order valence-electron chi connectivity index (χ3n) is 1.49. The van der Waals surface area contributed by atoms with Crippen molar-refractivity contribution in [2.45, 2.75) is 12.8 Å². The summed E-state index contributed by atoms with van der Waals surface area (Å²) in [5.41, 5.74) is 0.816. The molecule has 0 heterocycles. The summed E-state index contributed by atoms with van der Waals surface area (Å²) in [6.07, 6.45) is 0.514. The number of rotatable bonds is 3. The third kappa shape index (κ3) is 3.66. The summed E-state index contributed by atoms with van der Waals surface area (Å²) in [6.45, 7) is 0. The highest BCUT2D eigenvalue weighted by Gasteiger charge is 2.01. The van der Waals surface area contributed by atoms with Crippen LogP contribution in [0.5, 0.6) is 0 Å². The summed E-state index contributed by atoms with van der Waals surface area (Å²) in [5, 5.41) is 9.26. The molecule has 0 fully saturated rings. The smallest absolute Gasteiger partial charge is 0.303 e. The highest BCUT2D eigenvalue weighted by Crippen LogP contribution is 2.18. The van der Waals surface area contributed by atoms with Crippen molar-refractivity contribution >= 4 is 29.2 Å². The van der Waals surface area contributed by atoms with Crippen molar-refractivity contribution in [1.82, 2.24) is 0 Å². The SMILES string of the molecule is O=C(O)CCc1cc(Cl)[c]c(Cl)c1. The van der Waals surface area contributed by atoms with Gasteiger partial charge in [-0.2, -0.15) is 0 Å². The first-order valence-corrected chi connectivity index (χ1v) is 4.42. The summed E-state index contributed by atoms with van der Waals surface area (Å²) in [7, 11) is 0. The summed E-state index contributed by atoms with van der Waals surface area (Å²) in [6, 6.07) is 6.01. The van der Waals surface area contributed by atoms with Crippen molar-refractivity contribution in [2.75, 3.05) is 0 Å². The van der Waals surface area contributed by atoms with E-state index in [4.69, 9.17) is 28.3 Å². The molecule has 0 aliphatic rings. The molecule has 0 aliphatic heterocycles. The molecule has 0 amide bonds. The van der Waals surface area contributed by atoms with Crippen LogP contribution in [0.1, 0.15) is 12.0 Å². The first kappa shape index (κ1) is 10.4. The Bertz CT molecular complexity index is 303. The normalized spacial score (nSPS) is 10.0. The molecule has 0 aromatic heterocycles. The number of carboxylic acid groups (broad SMARTS) is 1. The Morgan fingerprint density at radius 2 is 1.92 bits per heavy atom. The maximum Gasteiger partial charge on any atom is 0.303 e. The zero-order valence-electron chi connectivity index (χ0n) is 6.68. The predicted molar refractivity (Wildman–Crippen MR) is 51.3 cm³/mol. The topological polar surface area (TPSA) is 37.3 Å². The maximum absolute atomic E-state index is 10.3. The van der Waals surface area contributed by atoms with Crippen LogP contribution in [-0.4, -0.2) is 11.1 Å². The van der Waals surface area contributed by atoms with Gasteiger partial charge in [0.15, 0.2) is 0 Å². The van der Waals surface area contributed by atoms with Crippen LogP contribution in [0, 0.1) is 6.07 Å². The zero-order valence-corrected chi connectivity index (χ0v) is 8.19. The molecule has 0 spiro atoms. The number of benzene rings is 1. The first-order valence-electron chi connectivity index (χ1n) is 3.67. The lowest BCUT2D eigenvalue weighted by molar-refractivity contribution is -0.136. The second-order valence-electron chi connectivity index (χ2n) is 2.58. The van der Waals surface area contributed by atoms with Crippen LogP contribution in [0.3, 0.4) is 0 Å². The zero-order chi connectivity index (χ0) is 9.84. The van der Waals surface area contributed by atoms with Gasteiger partial charge in [0.05, 0.1) is 10.0 Å². The number of hydrogen-bond acceptors (Lipinski definition) is 1. The van der Waals surface area contributed by atoms with Gasteiger partial charge < -0.3 is 5.11 Å². The fourth-order valence-corrected chi connectivity index (χ4v) is 1.48. The summed E-state index contributed by atoms with van der Waals surface area (Å²) in [5.74, 6) is -0.833. The number of halogens is 2. The Kier molecular flexibility index (Phi) is 3.58.